The maximum atomic E-state index is 10.5. The number of aromatic amines is 1. The third-order valence-corrected chi connectivity index (χ3v) is 1.32. The van der Waals surface area contributed by atoms with Crippen molar-refractivity contribution >= 4 is 5.78 Å². The van der Waals surface area contributed by atoms with Crippen LogP contribution in [-0.2, 0) is 11.3 Å². The van der Waals surface area contributed by atoms with Crippen LogP contribution in [0.15, 0.2) is 18.7 Å². The summed E-state index contributed by atoms with van der Waals surface area (Å²) in [5.41, 5.74) is 0. The molecule has 1 rings (SSSR count). The molecule has 10 heavy (non-hydrogen) atoms. The number of carbonyl (C=O) groups excluding carboxylic acids is 1. The molecule has 0 radical (unpaired) electrons. The van der Waals surface area contributed by atoms with Crippen molar-refractivity contribution < 1.29 is 9.36 Å². The number of H-pyrrole nitrogens is 1. The summed E-state index contributed by atoms with van der Waals surface area (Å²) in [5, 5.41) is 0. The lowest BCUT2D eigenvalue weighted by atomic mass is 10.3. The van der Waals surface area contributed by atoms with Gasteiger partial charge in [0.25, 0.3) is 0 Å². The van der Waals surface area contributed by atoms with Gasteiger partial charge in [-0.05, 0) is 6.92 Å². The van der Waals surface area contributed by atoms with E-state index < -0.39 is 0 Å². The van der Waals surface area contributed by atoms with E-state index in [1.165, 1.54) is 0 Å². The van der Waals surface area contributed by atoms with E-state index in [-0.39, 0.29) is 5.78 Å². The number of aromatic nitrogens is 2. The van der Waals surface area contributed by atoms with Crippen molar-refractivity contribution in [2.24, 2.45) is 0 Å². The van der Waals surface area contributed by atoms with Crippen LogP contribution in [0.4, 0.5) is 0 Å². The van der Waals surface area contributed by atoms with Crippen LogP contribution in [-0.4, -0.2) is 10.8 Å². The van der Waals surface area contributed by atoms with E-state index >= 15 is 0 Å². The zero-order valence-corrected chi connectivity index (χ0v) is 6.00. The molecule has 0 unspecified atom stereocenters. The molecule has 0 saturated carbocycles. The Morgan fingerprint density at radius 1 is 1.70 bits per heavy atom. The molecule has 0 bridgehead atoms. The second-order valence-electron chi connectivity index (χ2n) is 2.30. The monoisotopic (exact) mass is 139 g/mol. The molecule has 0 aliphatic heterocycles. The second kappa shape index (κ2) is 3.15. The van der Waals surface area contributed by atoms with Crippen molar-refractivity contribution in [2.45, 2.75) is 19.9 Å². The van der Waals surface area contributed by atoms with E-state index in [9.17, 15) is 4.79 Å². The maximum Gasteiger partial charge on any atom is 0.241 e. The van der Waals surface area contributed by atoms with E-state index in [0.29, 0.717) is 6.42 Å². The molecule has 1 heterocycles. The van der Waals surface area contributed by atoms with Crippen molar-refractivity contribution in [3.8, 4) is 0 Å². The molecular formula is C7H11N2O+. The summed E-state index contributed by atoms with van der Waals surface area (Å²) in [6.45, 7) is 2.38. The first-order valence-corrected chi connectivity index (χ1v) is 3.30. The van der Waals surface area contributed by atoms with Gasteiger partial charge in [0.15, 0.2) is 0 Å². The number of rotatable bonds is 3. The van der Waals surface area contributed by atoms with Gasteiger partial charge in [0.05, 0.1) is 6.54 Å². The Hall–Kier alpha value is -1.12. The molecule has 0 aliphatic rings. The highest BCUT2D eigenvalue weighted by atomic mass is 16.1. The summed E-state index contributed by atoms with van der Waals surface area (Å²) in [6, 6.07) is 0. The van der Waals surface area contributed by atoms with E-state index in [1.54, 1.807) is 6.92 Å². The number of ketones is 1. The lowest BCUT2D eigenvalue weighted by Gasteiger charge is -1.89. The summed E-state index contributed by atoms with van der Waals surface area (Å²) < 4.78 is 1.95. The Bertz CT molecular complexity index is 203. The lowest BCUT2D eigenvalue weighted by Crippen LogP contribution is -2.31. The van der Waals surface area contributed by atoms with Gasteiger partial charge in [0.1, 0.15) is 18.2 Å². The first kappa shape index (κ1) is 6.99. The Balaban J connectivity index is 2.35. The number of carbonyl (C=O) groups is 1. The molecule has 0 aliphatic carbocycles. The number of Topliss-reactive ketones (excluding diaryl/α,β-unsaturated/α-hetero) is 1. The molecule has 0 amide bonds. The number of imidazole rings is 1. The fraction of sp³-hybridized carbons (Fsp3) is 0.429. The molecule has 0 fully saturated rings. The molecule has 1 aromatic heterocycles. The summed E-state index contributed by atoms with van der Waals surface area (Å²) in [6.07, 6.45) is 6.19. The van der Waals surface area contributed by atoms with Crippen LogP contribution in [0.5, 0.6) is 0 Å². The Kier molecular flexibility index (Phi) is 2.20. The first-order valence-electron chi connectivity index (χ1n) is 3.30. The third-order valence-electron chi connectivity index (χ3n) is 1.32. The lowest BCUT2D eigenvalue weighted by molar-refractivity contribution is -0.694. The molecule has 1 aromatic rings. The number of hydrogen-bond donors (Lipinski definition) is 1. The van der Waals surface area contributed by atoms with Crippen LogP contribution < -0.4 is 4.57 Å². The van der Waals surface area contributed by atoms with Crippen LogP contribution in [0.3, 0.4) is 0 Å². The van der Waals surface area contributed by atoms with Gasteiger partial charge in [0, 0.05) is 6.42 Å². The van der Waals surface area contributed by atoms with E-state index in [2.05, 4.69) is 4.98 Å². The fourth-order valence-corrected chi connectivity index (χ4v) is 0.746. The Morgan fingerprint density at radius 2 is 2.50 bits per heavy atom. The first-order chi connectivity index (χ1) is 4.79. The Labute approximate surface area is 59.7 Å². The number of hydrogen-bond acceptors (Lipinski definition) is 1. The smallest absolute Gasteiger partial charge is 0.241 e. The van der Waals surface area contributed by atoms with Crippen molar-refractivity contribution in [1.29, 1.82) is 0 Å². The fourth-order valence-electron chi connectivity index (χ4n) is 0.746. The average molecular weight is 139 g/mol. The summed E-state index contributed by atoms with van der Waals surface area (Å²) in [4.78, 5) is 13.4. The van der Waals surface area contributed by atoms with Gasteiger partial charge in [-0.1, -0.05) is 0 Å². The highest BCUT2D eigenvalue weighted by molar-refractivity contribution is 5.75. The standard InChI is InChI=1S/C7H10N2O/c1-7(10)2-4-9-5-3-8-6-9/h3,5-6H,2,4H2,1H3/p+1. The van der Waals surface area contributed by atoms with Gasteiger partial charge < -0.3 is 0 Å². The minimum atomic E-state index is 0.230. The summed E-state index contributed by atoms with van der Waals surface area (Å²) in [7, 11) is 0. The average Bonchev–Trinajstić information content (AvgIpc) is 2.34. The largest absolute Gasteiger partial charge is 0.300 e. The molecule has 0 aromatic carbocycles. The van der Waals surface area contributed by atoms with Gasteiger partial charge in [-0.2, -0.15) is 0 Å². The number of nitrogens with zero attached hydrogens (tertiary/aromatic N) is 1. The van der Waals surface area contributed by atoms with Crippen LogP contribution in [0.1, 0.15) is 13.3 Å². The van der Waals surface area contributed by atoms with E-state index in [1.807, 2.05) is 23.3 Å². The summed E-state index contributed by atoms with van der Waals surface area (Å²) >= 11 is 0. The minimum Gasteiger partial charge on any atom is -0.300 e. The molecule has 0 saturated heterocycles. The minimum absolute atomic E-state index is 0.230. The van der Waals surface area contributed by atoms with Crippen LogP contribution >= 0.6 is 0 Å². The van der Waals surface area contributed by atoms with Crippen LogP contribution in [0.2, 0.25) is 0 Å². The quantitative estimate of drug-likeness (QED) is 0.600. The zero-order valence-electron chi connectivity index (χ0n) is 6.00. The molecule has 0 spiro atoms. The van der Waals surface area contributed by atoms with Gasteiger partial charge in [-0.3, -0.25) is 9.78 Å². The second-order valence-corrected chi connectivity index (χ2v) is 2.30. The maximum absolute atomic E-state index is 10.5. The highest BCUT2D eigenvalue weighted by Gasteiger charge is 1.97. The van der Waals surface area contributed by atoms with Crippen molar-refractivity contribution in [3.05, 3.63) is 18.7 Å². The van der Waals surface area contributed by atoms with Gasteiger partial charge in [0.2, 0.25) is 6.33 Å². The van der Waals surface area contributed by atoms with Crippen molar-refractivity contribution in [3.63, 3.8) is 0 Å². The molecular weight excluding hydrogens is 128 g/mol. The topological polar surface area (TPSA) is 36.7 Å². The van der Waals surface area contributed by atoms with E-state index in [4.69, 9.17) is 0 Å². The third kappa shape index (κ3) is 2.01. The van der Waals surface area contributed by atoms with Crippen molar-refractivity contribution in [2.75, 3.05) is 0 Å². The van der Waals surface area contributed by atoms with Gasteiger partial charge >= 0.3 is 0 Å². The van der Waals surface area contributed by atoms with Crippen LogP contribution in [0, 0.1) is 0 Å². The Morgan fingerprint density at radius 3 is 3.00 bits per heavy atom. The zero-order chi connectivity index (χ0) is 7.40. The van der Waals surface area contributed by atoms with Gasteiger partial charge in [-0.15, -0.1) is 0 Å². The highest BCUT2D eigenvalue weighted by Crippen LogP contribution is 1.80. The normalized spacial score (nSPS) is 9.70. The molecule has 54 valence electrons. The molecule has 0 atom stereocenters. The number of aryl methyl sites for hydroxylation is 1. The molecule has 1 N–H and O–H groups in total. The SMILES string of the molecule is CC(=O)CC[n+]1cc[nH]c1. The predicted molar refractivity (Wildman–Crippen MR) is 36.3 cm³/mol. The number of nitrogens with one attached hydrogen (secondary N) is 1. The van der Waals surface area contributed by atoms with Crippen molar-refractivity contribution in [1.82, 2.24) is 4.98 Å². The van der Waals surface area contributed by atoms with Gasteiger partial charge in [-0.25, -0.2) is 4.57 Å². The van der Waals surface area contributed by atoms with E-state index in [0.717, 1.165) is 6.54 Å². The predicted octanol–water partition coefficient (Wildman–Crippen LogP) is 0.281. The molecule has 3 heteroatoms. The molecule has 3 nitrogen and oxygen atoms in total. The summed E-state index contributed by atoms with van der Waals surface area (Å²) in [5.74, 6) is 0.230. The van der Waals surface area contributed by atoms with Crippen LogP contribution in [0.25, 0.3) is 0 Å².